The van der Waals surface area contributed by atoms with Crippen LogP contribution in [0, 0.1) is 13.8 Å². The predicted molar refractivity (Wildman–Crippen MR) is 119 cm³/mol. The first kappa shape index (κ1) is 17.1. The second-order valence-electron chi connectivity index (χ2n) is 6.95. The summed E-state index contributed by atoms with van der Waals surface area (Å²) in [7, 11) is 0. The van der Waals surface area contributed by atoms with E-state index in [9.17, 15) is 0 Å². The second-order valence-corrected chi connectivity index (χ2v) is 6.95. The Hall–Kier alpha value is -3.32. The molecule has 1 nitrogen and oxygen atoms in total. The lowest BCUT2D eigenvalue weighted by molar-refractivity contribution is 1.36. The molecule has 0 aromatic heterocycles. The van der Waals surface area contributed by atoms with E-state index in [2.05, 4.69) is 116 Å². The van der Waals surface area contributed by atoms with Crippen molar-refractivity contribution in [2.24, 2.45) is 0 Å². The van der Waals surface area contributed by atoms with E-state index in [1.54, 1.807) is 0 Å². The molecule has 0 spiro atoms. The summed E-state index contributed by atoms with van der Waals surface area (Å²) in [4.78, 5) is 0. The molecule has 0 radical (unpaired) electrons. The zero-order valence-electron chi connectivity index (χ0n) is 15.7. The fourth-order valence-corrected chi connectivity index (χ4v) is 3.34. The first-order valence-corrected chi connectivity index (χ1v) is 9.29. The van der Waals surface area contributed by atoms with Crippen molar-refractivity contribution >= 4 is 34.3 Å². The summed E-state index contributed by atoms with van der Waals surface area (Å²) in [6, 6.07) is 29.9. The van der Waals surface area contributed by atoms with Crippen LogP contribution in [0.15, 0.2) is 84.9 Å². The number of hydrogen-bond acceptors (Lipinski definition) is 1. The molecule has 0 bridgehead atoms. The van der Waals surface area contributed by atoms with Gasteiger partial charge in [0.2, 0.25) is 0 Å². The molecule has 27 heavy (non-hydrogen) atoms. The maximum Gasteiger partial charge on any atom is 0.0443 e. The van der Waals surface area contributed by atoms with E-state index in [1.807, 2.05) is 0 Å². The third kappa shape index (κ3) is 3.93. The highest BCUT2D eigenvalue weighted by Crippen LogP contribution is 2.25. The molecule has 4 aromatic rings. The van der Waals surface area contributed by atoms with E-state index in [4.69, 9.17) is 0 Å². The normalized spacial score (nSPS) is 11.2. The van der Waals surface area contributed by atoms with Crippen LogP contribution >= 0.6 is 0 Å². The Morgan fingerprint density at radius 3 is 1.96 bits per heavy atom. The van der Waals surface area contributed by atoms with Gasteiger partial charge < -0.3 is 5.32 Å². The molecular formula is C26H23N. The highest BCUT2D eigenvalue weighted by molar-refractivity contribution is 5.86. The van der Waals surface area contributed by atoms with Crippen molar-refractivity contribution in [1.82, 2.24) is 0 Å². The van der Waals surface area contributed by atoms with E-state index in [0.29, 0.717) is 0 Å². The minimum absolute atomic E-state index is 1.11. The monoisotopic (exact) mass is 349 g/mol. The van der Waals surface area contributed by atoms with Gasteiger partial charge in [-0.3, -0.25) is 0 Å². The molecule has 0 saturated carbocycles. The molecular weight excluding hydrogens is 326 g/mol. The van der Waals surface area contributed by atoms with Gasteiger partial charge in [-0.05, 0) is 65.1 Å². The first-order chi connectivity index (χ1) is 13.2. The molecule has 1 heteroatoms. The molecule has 0 saturated heterocycles. The summed E-state index contributed by atoms with van der Waals surface area (Å²) in [5.74, 6) is 0. The van der Waals surface area contributed by atoms with Gasteiger partial charge in [0, 0.05) is 11.4 Å². The maximum absolute atomic E-state index is 3.54. The average molecular weight is 349 g/mol. The minimum atomic E-state index is 1.11. The average Bonchev–Trinajstić information content (AvgIpc) is 2.70. The Morgan fingerprint density at radius 1 is 0.593 bits per heavy atom. The maximum atomic E-state index is 3.54. The largest absolute Gasteiger partial charge is 0.355 e. The quantitative estimate of drug-likeness (QED) is 0.379. The molecule has 1 N–H and O–H groups in total. The number of hydrogen-bond donors (Lipinski definition) is 1. The van der Waals surface area contributed by atoms with Crippen LogP contribution in [0.3, 0.4) is 0 Å². The zero-order valence-corrected chi connectivity index (χ0v) is 15.7. The second kappa shape index (κ2) is 7.51. The molecule has 4 aromatic carbocycles. The number of anilines is 2. The number of rotatable bonds is 4. The van der Waals surface area contributed by atoms with E-state index < -0.39 is 0 Å². The molecule has 0 unspecified atom stereocenters. The first-order valence-electron chi connectivity index (χ1n) is 9.29. The van der Waals surface area contributed by atoms with Crippen molar-refractivity contribution in [1.29, 1.82) is 0 Å². The van der Waals surface area contributed by atoms with Gasteiger partial charge in [-0.1, -0.05) is 78.9 Å². The summed E-state index contributed by atoms with van der Waals surface area (Å²) in [5, 5.41) is 6.08. The Labute approximate surface area is 161 Å². The number of aryl methyl sites for hydroxylation is 2. The molecule has 0 amide bonds. The summed E-state index contributed by atoms with van der Waals surface area (Å²) in [6.45, 7) is 4.27. The third-order valence-corrected chi connectivity index (χ3v) is 4.90. The van der Waals surface area contributed by atoms with Crippen LogP contribution < -0.4 is 5.32 Å². The molecule has 0 fully saturated rings. The van der Waals surface area contributed by atoms with Crippen molar-refractivity contribution < 1.29 is 0 Å². The molecule has 4 rings (SSSR count). The summed E-state index contributed by atoms with van der Waals surface area (Å²) in [6.07, 6.45) is 4.33. The number of benzene rings is 4. The van der Waals surface area contributed by atoms with E-state index in [1.165, 1.54) is 38.7 Å². The van der Waals surface area contributed by atoms with Crippen molar-refractivity contribution in [3.8, 4) is 0 Å². The van der Waals surface area contributed by atoms with Crippen LogP contribution in [0.2, 0.25) is 0 Å². The van der Waals surface area contributed by atoms with Crippen LogP contribution in [0.4, 0.5) is 11.4 Å². The Morgan fingerprint density at radius 2 is 1.22 bits per heavy atom. The molecule has 0 aliphatic carbocycles. The third-order valence-electron chi connectivity index (χ3n) is 4.90. The highest BCUT2D eigenvalue weighted by atomic mass is 14.9. The van der Waals surface area contributed by atoms with E-state index in [-0.39, 0.29) is 0 Å². The predicted octanol–water partition coefficient (Wildman–Crippen LogP) is 7.37. The smallest absolute Gasteiger partial charge is 0.0443 e. The van der Waals surface area contributed by atoms with Crippen molar-refractivity contribution in [2.45, 2.75) is 13.8 Å². The van der Waals surface area contributed by atoms with Crippen LogP contribution in [-0.4, -0.2) is 0 Å². The van der Waals surface area contributed by atoms with Crippen molar-refractivity contribution in [2.75, 3.05) is 5.32 Å². The van der Waals surface area contributed by atoms with E-state index in [0.717, 1.165) is 5.69 Å². The lowest BCUT2D eigenvalue weighted by Crippen LogP contribution is -1.95. The number of nitrogens with one attached hydrogen (secondary N) is 1. The lowest BCUT2D eigenvalue weighted by atomic mass is 10.1. The Bertz CT molecular complexity index is 1080. The van der Waals surface area contributed by atoms with Gasteiger partial charge in [0.05, 0.1) is 0 Å². The van der Waals surface area contributed by atoms with Gasteiger partial charge in [-0.25, -0.2) is 0 Å². The van der Waals surface area contributed by atoms with E-state index >= 15 is 0 Å². The summed E-state index contributed by atoms with van der Waals surface area (Å²) in [5.41, 5.74) is 7.22. The van der Waals surface area contributed by atoms with Crippen LogP contribution in [0.1, 0.15) is 22.3 Å². The lowest BCUT2D eigenvalue weighted by Gasteiger charge is -2.12. The standard InChI is InChI=1S/C26H23N/c1-19-6-5-7-20(2)26(19)27-25-16-13-21(14-17-25)10-11-22-12-15-23-8-3-4-9-24(23)18-22/h3-18,27H,1-2H3/b11-10+. The van der Waals surface area contributed by atoms with Gasteiger partial charge in [-0.15, -0.1) is 0 Å². The number of para-hydroxylation sites is 1. The van der Waals surface area contributed by atoms with Gasteiger partial charge in [0.25, 0.3) is 0 Å². The van der Waals surface area contributed by atoms with Gasteiger partial charge in [-0.2, -0.15) is 0 Å². The minimum Gasteiger partial charge on any atom is -0.355 e. The molecule has 0 heterocycles. The van der Waals surface area contributed by atoms with Crippen molar-refractivity contribution in [3.63, 3.8) is 0 Å². The van der Waals surface area contributed by atoms with Gasteiger partial charge in [0.15, 0.2) is 0 Å². The Balaban J connectivity index is 1.51. The fourth-order valence-electron chi connectivity index (χ4n) is 3.34. The van der Waals surface area contributed by atoms with Crippen LogP contribution in [0.25, 0.3) is 22.9 Å². The fraction of sp³-hybridized carbons (Fsp3) is 0.0769. The summed E-state index contributed by atoms with van der Waals surface area (Å²) >= 11 is 0. The highest BCUT2D eigenvalue weighted by Gasteiger charge is 2.02. The zero-order chi connectivity index (χ0) is 18.6. The van der Waals surface area contributed by atoms with Crippen molar-refractivity contribution in [3.05, 3.63) is 107 Å². The van der Waals surface area contributed by atoms with Gasteiger partial charge in [0.1, 0.15) is 0 Å². The molecule has 0 aliphatic heterocycles. The number of fused-ring (bicyclic) bond motifs is 1. The van der Waals surface area contributed by atoms with Gasteiger partial charge >= 0.3 is 0 Å². The summed E-state index contributed by atoms with van der Waals surface area (Å²) < 4.78 is 0. The molecule has 0 aliphatic rings. The SMILES string of the molecule is Cc1cccc(C)c1Nc1ccc(/C=C/c2ccc3ccccc3c2)cc1. The topological polar surface area (TPSA) is 12.0 Å². The van der Waals surface area contributed by atoms with Crippen LogP contribution in [-0.2, 0) is 0 Å². The molecule has 0 atom stereocenters. The molecule has 132 valence electrons. The Kier molecular flexibility index (Phi) is 4.76. The van der Waals surface area contributed by atoms with Crippen LogP contribution in [0.5, 0.6) is 0 Å².